The number of hydrogen-bond donors (Lipinski definition) is 1. The second kappa shape index (κ2) is 11.6. The molecule has 1 aromatic rings. The largest absolute Gasteiger partial charge is 0.345 e. The zero-order valence-electron chi connectivity index (χ0n) is 18.8. The van der Waals surface area contributed by atoms with Crippen molar-refractivity contribution < 1.29 is 4.79 Å². The van der Waals surface area contributed by atoms with Crippen LogP contribution in [0, 0.1) is 13.8 Å². The lowest BCUT2D eigenvalue weighted by Crippen LogP contribution is -2.33. The number of piperidine rings is 1. The Labute approximate surface area is 172 Å². The maximum atomic E-state index is 11.1. The molecule has 0 aliphatic carbocycles. The Kier molecular flexibility index (Phi) is 9.46. The summed E-state index contributed by atoms with van der Waals surface area (Å²) in [6.07, 6.45) is 5.45. The molecule has 1 aliphatic heterocycles. The number of rotatable bonds is 11. The molecule has 0 spiro atoms. The molecule has 1 saturated heterocycles. The molecule has 1 aliphatic rings. The van der Waals surface area contributed by atoms with Gasteiger partial charge in [0.05, 0.1) is 0 Å². The maximum absolute atomic E-state index is 11.1. The van der Waals surface area contributed by atoms with Crippen molar-refractivity contribution in [2.75, 3.05) is 39.3 Å². The number of nitrogens with zero attached hydrogens (tertiary/aromatic N) is 2. The lowest BCUT2D eigenvalue weighted by atomic mass is 9.82. The smallest absolute Gasteiger partial charge is 0.209 e. The van der Waals surface area contributed by atoms with Crippen molar-refractivity contribution in [1.82, 2.24) is 15.1 Å². The SMILES string of the molecule is CCC(NCCCN(CC)CC)c1cc(C)c(C)cc1C1CCN(C=O)CC1. The molecule has 0 aromatic heterocycles. The van der Waals surface area contributed by atoms with Crippen molar-refractivity contribution in [2.45, 2.75) is 72.3 Å². The molecule has 1 fully saturated rings. The number of benzene rings is 1. The second-order valence-corrected chi connectivity index (χ2v) is 8.28. The fourth-order valence-electron chi connectivity index (χ4n) is 4.43. The fourth-order valence-corrected chi connectivity index (χ4v) is 4.43. The lowest BCUT2D eigenvalue weighted by molar-refractivity contribution is -0.119. The first-order valence-corrected chi connectivity index (χ1v) is 11.3. The fraction of sp³-hybridized carbons (Fsp3) is 0.708. The van der Waals surface area contributed by atoms with Crippen molar-refractivity contribution in [3.05, 3.63) is 34.4 Å². The van der Waals surface area contributed by atoms with Crippen molar-refractivity contribution >= 4 is 6.41 Å². The Morgan fingerprint density at radius 2 is 1.79 bits per heavy atom. The first-order chi connectivity index (χ1) is 13.5. The highest BCUT2D eigenvalue weighted by molar-refractivity contribution is 5.48. The predicted octanol–water partition coefficient (Wildman–Crippen LogP) is 4.41. The Morgan fingerprint density at radius 3 is 2.36 bits per heavy atom. The van der Waals surface area contributed by atoms with Crippen LogP contribution >= 0.6 is 0 Å². The van der Waals surface area contributed by atoms with E-state index in [1.807, 2.05) is 4.90 Å². The third-order valence-corrected chi connectivity index (χ3v) is 6.54. The molecule has 1 heterocycles. The Balaban J connectivity index is 2.10. The van der Waals surface area contributed by atoms with E-state index in [0.717, 1.165) is 58.4 Å². The molecule has 1 unspecified atom stereocenters. The van der Waals surface area contributed by atoms with Gasteiger partial charge >= 0.3 is 0 Å². The summed E-state index contributed by atoms with van der Waals surface area (Å²) in [6, 6.07) is 5.25. The van der Waals surface area contributed by atoms with Gasteiger partial charge in [0.25, 0.3) is 0 Å². The van der Waals surface area contributed by atoms with E-state index in [0.29, 0.717) is 12.0 Å². The highest BCUT2D eigenvalue weighted by Gasteiger charge is 2.24. The Morgan fingerprint density at radius 1 is 1.14 bits per heavy atom. The van der Waals surface area contributed by atoms with Gasteiger partial charge in [0.1, 0.15) is 0 Å². The average Bonchev–Trinajstić information content (AvgIpc) is 2.73. The number of aryl methyl sites for hydroxylation is 2. The third kappa shape index (κ3) is 6.05. The third-order valence-electron chi connectivity index (χ3n) is 6.54. The highest BCUT2D eigenvalue weighted by atomic mass is 16.1. The zero-order valence-corrected chi connectivity index (χ0v) is 18.8. The minimum atomic E-state index is 0.412. The van der Waals surface area contributed by atoms with Crippen LogP contribution in [0.15, 0.2) is 12.1 Å². The van der Waals surface area contributed by atoms with E-state index in [-0.39, 0.29) is 0 Å². The maximum Gasteiger partial charge on any atom is 0.209 e. The summed E-state index contributed by atoms with van der Waals surface area (Å²) in [5.74, 6) is 0.567. The number of amides is 1. The minimum absolute atomic E-state index is 0.412. The second-order valence-electron chi connectivity index (χ2n) is 8.28. The van der Waals surface area contributed by atoms with Crippen LogP contribution in [0.25, 0.3) is 0 Å². The van der Waals surface area contributed by atoms with E-state index in [4.69, 9.17) is 0 Å². The van der Waals surface area contributed by atoms with Crippen LogP contribution in [0.1, 0.15) is 80.7 Å². The van der Waals surface area contributed by atoms with Crippen molar-refractivity contribution in [1.29, 1.82) is 0 Å². The summed E-state index contributed by atoms with van der Waals surface area (Å²) in [5.41, 5.74) is 5.76. The van der Waals surface area contributed by atoms with Gasteiger partial charge in [-0.2, -0.15) is 0 Å². The average molecular weight is 388 g/mol. The standard InChI is InChI=1S/C24H41N3O/c1-6-24(25-12-9-13-26(7-2)8-3)23-17-20(5)19(4)16-22(23)21-10-14-27(18-28)15-11-21/h16-18,21,24-25H,6-15H2,1-5H3. The number of hydrogen-bond acceptors (Lipinski definition) is 3. The van der Waals surface area contributed by atoms with Crippen LogP contribution in [-0.2, 0) is 4.79 Å². The Hall–Kier alpha value is -1.39. The molecule has 4 nitrogen and oxygen atoms in total. The monoisotopic (exact) mass is 387 g/mol. The molecule has 0 bridgehead atoms. The van der Waals surface area contributed by atoms with Crippen LogP contribution in [-0.4, -0.2) is 55.5 Å². The molecule has 1 N–H and O–H groups in total. The molecule has 0 saturated carbocycles. The zero-order chi connectivity index (χ0) is 20.5. The number of likely N-dealkylation sites (tertiary alicyclic amines) is 1. The number of carbonyl (C=O) groups is 1. The molecular weight excluding hydrogens is 346 g/mol. The van der Waals surface area contributed by atoms with Crippen LogP contribution in [0.3, 0.4) is 0 Å². The lowest BCUT2D eigenvalue weighted by Gasteiger charge is -2.33. The van der Waals surface area contributed by atoms with Crippen molar-refractivity contribution in [2.24, 2.45) is 0 Å². The topological polar surface area (TPSA) is 35.6 Å². The van der Waals surface area contributed by atoms with Gasteiger partial charge in [-0.1, -0.05) is 32.9 Å². The molecule has 2 rings (SSSR count). The molecule has 4 heteroatoms. The van der Waals surface area contributed by atoms with Gasteiger partial charge in [0.15, 0.2) is 0 Å². The quantitative estimate of drug-likeness (QED) is 0.451. The van der Waals surface area contributed by atoms with Crippen LogP contribution in [0.5, 0.6) is 0 Å². The summed E-state index contributed by atoms with van der Waals surface area (Å²) in [4.78, 5) is 15.5. The van der Waals surface area contributed by atoms with Gasteiger partial charge in [0, 0.05) is 19.1 Å². The first kappa shape index (κ1) is 22.9. The molecule has 28 heavy (non-hydrogen) atoms. The van der Waals surface area contributed by atoms with Gasteiger partial charge in [-0.3, -0.25) is 4.79 Å². The van der Waals surface area contributed by atoms with Crippen molar-refractivity contribution in [3.8, 4) is 0 Å². The van der Waals surface area contributed by atoms with Gasteiger partial charge in [-0.25, -0.2) is 0 Å². The number of nitrogens with one attached hydrogen (secondary N) is 1. The van der Waals surface area contributed by atoms with E-state index < -0.39 is 0 Å². The van der Waals surface area contributed by atoms with E-state index >= 15 is 0 Å². The van der Waals surface area contributed by atoms with Crippen molar-refractivity contribution in [3.63, 3.8) is 0 Å². The predicted molar refractivity (Wildman–Crippen MR) is 119 cm³/mol. The van der Waals surface area contributed by atoms with Crippen LogP contribution in [0.4, 0.5) is 0 Å². The van der Waals surface area contributed by atoms with Crippen LogP contribution in [0.2, 0.25) is 0 Å². The summed E-state index contributed by atoms with van der Waals surface area (Å²) in [5, 5.41) is 3.84. The van der Waals surface area contributed by atoms with Gasteiger partial charge in [-0.05, 0) is 93.9 Å². The van der Waals surface area contributed by atoms with E-state index in [9.17, 15) is 4.79 Å². The molecule has 0 radical (unpaired) electrons. The van der Waals surface area contributed by atoms with E-state index in [2.05, 4.69) is 57.0 Å². The molecule has 1 atom stereocenters. The summed E-state index contributed by atoms with van der Waals surface area (Å²) >= 11 is 0. The summed E-state index contributed by atoms with van der Waals surface area (Å²) in [7, 11) is 0. The Bertz CT molecular complexity index is 604. The van der Waals surface area contributed by atoms with E-state index in [1.165, 1.54) is 35.2 Å². The molecule has 1 amide bonds. The minimum Gasteiger partial charge on any atom is -0.345 e. The first-order valence-electron chi connectivity index (χ1n) is 11.3. The normalized spacial score (nSPS) is 16.6. The molecular formula is C24H41N3O. The highest BCUT2D eigenvalue weighted by Crippen LogP contribution is 2.35. The van der Waals surface area contributed by atoms with Gasteiger partial charge < -0.3 is 15.1 Å². The van der Waals surface area contributed by atoms with E-state index in [1.54, 1.807) is 0 Å². The number of carbonyl (C=O) groups excluding carboxylic acids is 1. The summed E-state index contributed by atoms with van der Waals surface area (Å²) in [6.45, 7) is 17.5. The van der Waals surface area contributed by atoms with Gasteiger partial charge in [0.2, 0.25) is 6.41 Å². The molecule has 158 valence electrons. The van der Waals surface area contributed by atoms with Gasteiger partial charge in [-0.15, -0.1) is 0 Å². The summed E-state index contributed by atoms with van der Waals surface area (Å²) < 4.78 is 0. The van der Waals surface area contributed by atoms with Crippen LogP contribution < -0.4 is 5.32 Å². The molecule has 1 aromatic carbocycles.